The van der Waals surface area contributed by atoms with Gasteiger partial charge in [0.1, 0.15) is 0 Å². The van der Waals surface area contributed by atoms with Crippen molar-refractivity contribution in [3.05, 3.63) is 18.2 Å². The van der Waals surface area contributed by atoms with Crippen molar-refractivity contribution < 1.29 is 18.3 Å². The molecule has 1 aliphatic heterocycles. The summed E-state index contributed by atoms with van der Waals surface area (Å²) < 4.78 is 34.5. The summed E-state index contributed by atoms with van der Waals surface area (Å²) in [5.74, 6) is 0.802. The number of halogens is 2. The van der Waals surface area contributed by atoms with Crippen LogP contribution in [0.3, 0.4) is 0 Å². The van der Waals surface area contributed by atoms with Crippen LogP contribution >= 0.6 is 0 Å². The van der Waals surface area contributed by atoms with Gasteiger partial charge in [-0.25, -0.2) is 0 Å². The molecule has 2 rings (SSSR count). The molecule has 106 valence electrons. The molecule has 1 unspecified atom stereocenters. The van der Waals surface area contributed by atoms with Gasteiger partial charge in [-0.1, -0.05) is 13.8 Å². The first kappa shape index (κ1) is 13.9. The van der Waals surface area contributed by atoms with Gasteiger partial charge in [0, 0.05) is 17.8 Å². The molecule has 0 aliphatic carbocycles. The quantitative estimate of drug-likeness (QED) is 0.868. The summed E-state index contributed by atoms with van der Waals surface area (Å²) in [6.45, 7) is 6.42. The molecule has 1 heterocycles. The molecule has 1 aromatic rings. The minimum Gasteiger partial charge on any atom is -0.395 e. The van der Waals surface area contributed by atoms with Gasteiger partial charge in [-0.05, 0) is 37.8 Å². The standard InChI is InChI=1S/C14H19F2NO2/c1-9(2)4-5-10(3)17-11-6-7-12-13(8-11)19-14(15,16)18-12/h6-10,17H,4-5H2,1-3H3. The van der Waals surface area contributed by atoms with Gasteiger partial charge in [-0.3, -0.25) is 0 Å². The van der Waals surface area contributed by atoms with Crippen molar-refractivity contribution in [1.29, 1.82) is 0 Å². The van der Waals surface area contributed by atoms with Crippen LogP contribution in [-0.4, -0.2) is 12.3 Å². The Hall–Kier alpha value is -1.52. The van der Waals surface area contributed by atoms with Gasteiger partial charge in [-0.2, -0.15) is 0 Å². The second kappa shape index (κ2) is 5.23. The van der Waals surface area contributed by atoms with Crippen LogP contribution in [0, 0.1) is 5.92 Å². The number of rotatable bonds is 5. The Balaban J connectivity index is 1.96. The summed E-state index contributed by atoms with van der Waals surface area (Å²) in [5.41, 5.74) is 0.760. The Bertz CT molecular complexity index is 449. The molecule has 1 N–H and O–H groups in total. The monoisotopic (exact) mass is 271 g/mol. The van der Waals surface area contributed by atoms with E-state index >= 15 is 0 Å². The van der Waals surface area contributed by atoms with E-state index in [9.17, 15) is 8.78 Å². The minimum atomic E-state index is -3.55. The zero-order chi connectivity index (χ0) is 14.0. The van der Waals surface area contributed by atoms with Crippen molar-refractivity contribution >= 4 is 5.69 Å². The molecule has 5 heteroatoms. The van der Waals surface area contributed by atoms with E-state index in [1.54, 1.807) is 12.1 Å². The third-order valence-electron chi connectivity index (χ3n) is 2.99. The summed E-state index contributed by atoms with van der Waals surface area (Å²) in [4.78, 5) is 0. The molecule has 0 spiro atoms. The normalized spacial score (nSPS) is 17.6. The average molecular weight is 271 g/mol. The van der Waals surface area contributed by atoms with Crippen LogP contribution in [0.5, 0.6) is 11.5 Å². The van der Waals surface area contributed by atoms with E-state index in [4.69, 9.17) is 0 Å². The Kier molecular flexibility index (Phi) is 3.83. The molecule has 1 atom stereocenters. The summed E-state index contributed by atoms with van der Waals surface area (Å²) in [7, 11) is 0. The van der Waals surface area contributed by atoms with Crippen LogP contribution < -0.4 is 14.8 Å². The van der Waals surface area contributed by atoms with Gasteiger partial charge in [0.2, 0.25) is 0 Å². The molecular weight excluding hydrogens is 252 g/mol. The first-order chi connectivity index (χ1) is 8.85. The number of nitrogens with one attached hydrogen (secondary N) is 1. The Morgan fingerprint density at radius 1 is 1.11 bits per heavy atom. The lowest BCUT2D eigenvalue weighted by Gasteiger charge is -2.16. The number of hydrogen-bond donors (Lipinski definition) is 1. The van der Waals surface area contributed by atoms with E-state index in [1.165, 1.54) is 6.07 Å². The second-order valence-corrected chi connectivity index (χ2v) is 5.35. The number of ether oxygens (including phenoxy) is 2. The maximum Gasteiger partial charge on any atom is 0.586 e. The fraction of sp³-hybridized carbons (Fsp3) is 0.571. The van der Waals surface area contributed by atoms with Gasteiger partial charge < -0.3 is 14.8 Å². The molecule has 3 nitrogen and oxygen atoms in total. The zero-order valence-corrected chi connectivity index (χ0v) is 11.4. The van der Waals surface area contributed by atoms with Crippen molar-refractivity contribution in [2.75, 3.05) is 5.32 Å². The Labute approximate surface area is 111 Å². The highest BCUT2D eigenvalue weighted by Gasteiger charge is 2.43. The maximum absolute atomic E-state index is 12.9. The van der Waals surface area contributed by atoms with Gasteiger partial charge in [-0.15, -0.1) is 8.78 Å². The number of hydrogen-bond acceptors (Lipinski definition) is 3. The lowest BCUT2D eigenvalue weighted by atomic mass is 10.0. The first-order valence-corrected chi connectivity index (χ1v) is 6.52. The minimum absolute atomic E-state index is 0.0744. The van der Waals surface area contributed by atoms with Crippen LogP contribution in [0.2, 0.25) is 0 Å². The third-order valence-corrected chi connectivity index (χ3v) is 2.99. The van der Waals surface area contributed by atoms with Gasteiger partial charge in [0.15, 0.2) is 11.5 Å². The van der Waals surface area contributed by atoms with Crippen molar-refractivity contribution in [3.8, 4) is 11.5 Å². The molecule has 19 heavy (non-hydrogen) atoms. The summed E-state index contributed by atoms with van der Waals surface area (Å²) in [5, 5.41) is 3.27. The molecule has 1 aliphatic rings. The predicted molar refractivity (Wildman–Crippen MR) is 69.8 cm³/mol. The lowest BCUT2D eigenvalue weighted by Crippen LogP contribution is -2.25. The first-order valence-electron chi connectivity index (χ1n) is 6.52. The lowest BCUT2D eigenvalue weighted by molar-refractivity contribution is -0.286. The van der Waals surface area contributed by atoms with Crippen LogP contribution in [-0.2, 0) is 0 Å². The molecule has 0 fully saturated rings. The smallest absolute Gasteiger partial charge is 0.395 e. The second-order valence-electron chi connectivity index (χ2n) is 5.35. The van der Waals surface area contributed by atoms with E-state index < -0.39 is 6.29 Å². The number of fused-ring (bicyclic) bond motifs is 1. The fourth-order valence-electron chi connectivity index (χ4n) is 1.98. The van der Waals surface area contributed by atoms with Crippen molar-refractivity contribution in [2.24, 2.45) is 5.92 Å². The van der Waals surface area contributed by atoms with Crippen LogP contribution in [0.25, 0.3) is 0 Å². The van der Waals surface area contributed by atoms with Crippen molar-refractivity contribution in [1.82, 2.24) is 0 Å². The highest BCUT2D eigenvalue weighted by molar-refractivity contribution is 5.56. The molecule has 0 radical (unpaired) electrons. The fourth-order valence-corrected chi connectivity index (χ4v) is 1.98. The van der Waals surface area contributed by atoms with E-state index in [1.807, 2.05) is 0 Å². The molecule has 0 amide bonds. The number of anilines is 1. The molecule has 0 saturated carbocycles. The molecule has 0 bridgehead atoms. The Morgan fingerprint density at radius 3 is 2.47 bits per heavy atom. The van der Waals surface area contributed by atoms with Crippen LogP contribution in [0.1, 0.15) is 33.6 Å². The number of benzene rings is 1. The van der Waals surface area contributed by atoms with E-state index in [0.29, 0.717) is 5.92 Å². The molecular formula is C14H19F2NO2. The average Bonchev–Trinajstić information content (AvgIpc) is 2.59. The number of alkyl halides is 2. The maximum atomic E-state index is 12.9. The van der Waals surface area contributed by atoms with Gasteiger partial charge in [0.05, 0.1) is 0 Å². The SMILES string of the molecule is CC(C)CCC(C)Nc1ccc2c(c1)OC(F)(F)O2. The zero-order valence-electron chi connectivity index (χ0n) is 11.4. The largest absolute Gasteiger partial charge is 0.586 e. The van der Waals surface area contributed by atoms with Crippen molar-refractivity contribution in [2.45, 2.75) is 45.9 Å². The molecule has 0 aromatic heterocycles. The molecule has 0 saturated heterocycles. The Morgan fingerprint density at radius 2 is 1.79 bits per heavy atom. The summed E-state index contributed by atoms with van der Waals surface area (Å²) in [6, 6.07) is 5.04. The van der Waals surface area contributed by atoms with Gasteiger partial charge >= 0.3 is 6.29 Å². The van der Waals surface area contributed by atoms with Crippen molar-refractivity contribution in [3.63, 3.8) is 0 Å². The van der Waals surface area contributed by atoms with E-state index in [-0.39, 0.29) is 17.5 Å². The summed E-state index contributed by atoms with van der Waals surface area (Å²) in [6.07, 6.45) is -1.40. The molecule has 1 aromatic carbocycles. The van der Waals surface area contributed by atoms with E-state index in [2.05, 4.69) is 35.6 Å². The summed E-state index contributed by atoms with van der Waals surface area (Å²) >= 11 is 0. The van der Waals surface area contributed by atoms with Gasteiger partial charge in [0.25, 0.3) is 0 Å². The highest BCUT2D eigenvalue weighted by Crippen LogP contribution is 2.42. The predicted octanol–water partition coefficient (Wildman–Crippen LogP) is 4.24. The third kappa shape index (κ3) is 3.72. The van der Waals surface area contributed by atoms with Crippen LogP contribution in [0.15, 0.2) is 18.2 Å². The highest BCUT2D eigenvalue weighted by atomic mass is 19.3. The van der Waals surface area contributed by atoms with Crippen LogP contribution in [0.4, 0.5) is 14.5 Å². The topological polar surface area (TPSA) is 30.5 Å². The van der Waals surface area contributed by atoms with E-state index in [0.717, 1.165) is 18.5 Å².